The summed E-state index contributed by atoms with van der Waals surface area (Å²) in [5, 5.41) is 26.8. The third kappa shape index (κ3) is 6.14. The Morgan fingerprint density at radius 2 is 1.43 bits per heavy atom. The lowest BCUT2D eigenvalue weighted by Crippen LogP contribution is -2.64. The lowest BCUT2D eigenvalue weighted by Gasteiger charge is -2.48. The molecule has 0 unspecified atom stereocenters. The van der Waals surface area contributed by atoms with Crippen LogP contribution in [0.3, 0.4) is 0 Å². The van der Waals surface area contributed by atoms with Crippen LogP contribution < -0.4 is 0 Å². The first-order chi connectivity index (χ1) is 18.1. The van der Waals surface area contributed by atoms with Gasteiger partial charge in [0.1, 0.15) is 24.4 Å². The van der Waals surface area contributed by atoms with Crippen molar-refractivity contribution >= 4 is 23.5 Å². The minimum atomic E-state index is -1.28. The molecule has 37 heavy (non-hydrogen) atoms. The van der Waals surface area contributed by atoms with E-state index in [0.717, 1.165) is 15.4 Å². The summed E-state index contributed by atoms with van der Waals surface area (Å²) < 4.78 is 17.8. The van der Waals surface area contributed by atoms with Gasteiger partial charge in [0.15, 0.2) is 6.29 Å². The van der Waals surface area contributed by atoms with Crippen molar-refractivity contribution in [2.24, 2.45) is 5.11 Å². The van der Waals surface area contributed by atoms with E-state index in [1.165, 1.54) is 23.5 Å². The van der Waals surface area contributed by atoms with Crippen molar-refractivity contribution in [2.45, 2.75) is 57.2 Å². The number of aliphatic hydroxyl groups excluding tert-OH is 2. The van der Waals surface area contributed by atoms with E-state index in [0.29, 0.717) is 0 Å². The van der Waals surface area contributed by atoms with Gasteiger partial charge in [-0.2, -0.15) is 0 Å². The lowest BCUT2D eigenvalue weighted by atomic mass is 9.90. The summed E-state index contributed by atoms with van der Waals surface area (Å²) in [6, 6.07) is 28.0. The van der Waals surface area contributed by atoms with Crippen LogP contribution in [0.4, 0.5) is 0 Å². The minimum absolute atomic E-state index is 0.167. The van der Waals surface area contributed by atoms with E-state index < -0.39 is 47.4 Å². The Hall–Kier alpha value is -2.53. The van der Waals surface area contributed by atoms with Gasteiger partial charge < -0.3 is 24.4 Å². The Bertz CT molecular complexity index is 1140. The molecule has 2 aliphatic heterocycles. The number of ether oxygens (including phenoxy) is 3. The van der Waals surface area contributed by atoms with E-state index in [2.05, 4.69) is 10.0 Å². The first kappa shape index (κ1) is 26.1. The molecule has 0 amide bonds. The first-order valence-corrected chi connectivity index (χ1v) is 13.7. The molecular weight excluding hydrogens is 510 g/mol. The molecule has 0 aromatic heterocycles. The van der Waals surface area contributed by atoms with E-state index >= 15 is 0 Å². The Morgan fingerprint density at radius 3 is 2.00 bits per heavy atom. The number of thioether (sulfide) groups is 2. The highest BCUT2D eigenvalue weighted by atomic mass is 32.2. The van der Waals surface area contributed by atoms with E-state index in [9.17, 15) is 15.7 Å². The average molecular weight is 538 g/mol. The van der Waals surface area contributed by atoms with Gasteiger partial charge in [0.05, 0.1) is 23.3 Å². The number of benzene rings is 3. The topological polar surface area (TPSA) is 117 Å². The maximum Gasteiger partial charge on any atom is 0.184 e. The normalized spacial score (nSPS) is 28.2. The molecule has 5 rings (SSSR count). The fourth-order valence-electron chi connectivity index (χ4n) is 4.48. The third-order valence-corrected chi connectivity index (χ3v) is 8.97. The Balaban J connectivity index is 1.38. The summed E-state index contributed by atoms with van der Waals surface area (Å²) in [4.78, 5) is 4.91. The summed E-state index contributed by atoms with van der Waals surface area (Å²) >= 11 is 2.97. The maximum atomic E-state index is 11.6. The maximum absolute atomic E-state index is 11.6. The zero-order valence-electron chi connectivity index (χ0n) is 19.8. The monoisotopic (exact) mass is 537 g/mol. The van der Waals surface area contributed by atoms with Crippen molar-refractivity contribution in [2.75, 3.05) is 6.61 Å². The van der Waals surface area contributed by atoms with Crippen LogP contribution in [-0.2, 0) is 14.2 Å². The molecule has 2 N–H and O–H groups in total. The Kier molecular flexibility index (Phi) is 8.70. The van der Waals surface area contributed by atoms with Crippen molar-refractivity contribution in [3.05, 3.63) is 107 Å². The molecule has 0 aliphatic carbocycles. The van der Waals surface area contributed by atoms with Crippen LogP contribution >= 0.6 is 23.5 Å². The second kappa shape index (κ2) is 12.3. The van der Waals surface area contributed by atoms with Crippen molar-refractivity contribution in [3.63, 3.8) is 0 Å². The average Bonchev–Trinajstić information content (AvgIpc) is 2.95. The lowest BCUT2D eigenvalue weighted by molar-refractivity contribution is -0.313. The van der Waals surface area contributed by atoms with Crippen molar-refractivity contribution in [1.82, 2.24) is 0 Å². The third-order valence-electron chi connectivity index (χ3n) is 6.28. The second-order valence-electron chi connectivity index (χ2n) is 8.72. The van der Waals surface area contributed by atoms with Crippen molar-refractivity contribution in [1.29, 1.82) is 0 Å². The summed E-state index contributed by atoms with van der Waals surface area (Å²) in [5.74, 6) is 0. The highest BCUT2D eigenvalue weighted by molar-refractivity contribution is 8.17. The number of fused-ring (bicyclic) bond motifs is 1. The minimum Gasteiger partial charge on any atom is -0.390 e. The molecule has 7 atom stereocenters. The fourth-order valence-corrected chi connectivity index (χ4v) is 7.09. The van der Waals surface area contributed by atoms with E-state index in [-0.39, 0.29) is 6.61 Å². The number of hydrogen-bond acceptors (Lipinski definition) is 8. The van der Waals surface area contributed by atoms with Gasteiger partial charge >= 0.3 is 0 Å². The highest BCUT2D eigenvalue weighted by Crippen LogP contribution is 2.42. The van der Waals surface area contributed by atoms with E-state index in [1.54, 1.807) is 0 Å². The predicted molar refractivity (Wildman–Crippen MR) is 142 cm³/mol. The number of nitrogens with zero attached hydrogens (tertiary/aromatic N) is 3. The quantitative estimate of drug-likeness (QED) is 0.134. The standard InChI is InChI=1S/C27H27N3O5S2/c28-30-29-21-22(31)25(34-20-16-33-26(35-24(20)21)17-10-4-1-5-11-17)23(32)27(36-18-12-6-2-7-13-18)37-19-14-8-3-9-15-19/h1-15,20-27,31-32H,16H2/t20-,21+,22-,23-,24+,25-,26+/m1/s1. The predicted octanol–water partition coefficient (Wildman–Crippen LogP) is 5.18. The molecule has 0 bridgehead atoms. The SMILES string of the molecule is [N-]=[N+]=N[C@H]1[C@@H](O)[C@H]([C@@H](O)C(Sc2ccccc2)Sc2ccccc2)O[C@@H]2CO[C@H](c3ccccc3)O[C@H]12. The summed E-state index contributed by atoms with van der Waals surface area (Å²) in [7, 11) is 0. The van der Waals surface area contributed by atoms with Crippen molar-refractivity contribution in [3.8, 4) is 0 Å². The van der Waals surface area contributed by atoms with E-state index in [4.69, 9.17) is 14.2 Å². The van der Waals surface area contributed by atoms with Gasteiger partial charge in [0.2, 0.25) is 0 Å². The van der Waals surface area contributed by atoms with Gasteiger partial charge in [0, 0.05) is 20.3 Å². The van der Waals surface area contributed by atoms with Crippen molar-refractivity contribution < 1.29 is 24.4 Å². The molecule has 10 heteroatoms. The summed E-state index contributed by atoms with van der Waals surface area (Å²) in [5.41, 5.74) is 10.1. The molecule has 8 nitrogen and oxygen atoms in total. The molecule has 2 aliphatic rings. The smallest absolute Gasteiger partial charge is 0.184 e. The highest BCUT2D eigenvalue weighted by Gasteiger charge is 2.52. The van der Waals surface area contributed by atoms with Gasteiger partial charge in [-0.1, -0.05) is 71.8 Å². The van der Waals surface area contributed by atoms with Gasteiger partial charge in [-0.05, 0) is 29.8 Å². The first-order valence-electron chi connectivity index (χ1n) is 12.0. The van der Waals surface area contributed by atoms with E-state index in [1.807, 2.05) is 91.0 Å². The molecule has 3 aromatic rings. The molecule has 192 valence electrons. The van der Waals surface area contributed by atoms with Crippen LogP contribution in [0.1, 0.15) is 11.9 Å². The van der Waals surface area contributed by atoms with Gasteiger partial charge in [-0.3, -0.25) is 0 Å². The fraction of sp³-hybridized carbons (Fsp3) is 0.333. The van der Waals surface area contributed by atoms with Crippen LogP contribution in [0.15, 0.2) is 106 Å². The molecule has 0 saturated carbocycles. The Labute approximate surface area is 223 Å². The largest absolute Gasteiger partial charge is 0.390 e. The van der Waals surface area contributed by atoms with Crippen LogP contribution in [-0.4, -0.2) is 58.0 Å². The van der Waals surface area contributed by atoms with Crippen LogP contribution in [0, 0.1) is 0 Å². The zero-order valence-corrected chi connectivity index (χ0v) is 21.4. The summed E-state index contributed by atoms with van der Waals surface area (Å²) in [6.45, 7) is 0.167. The van der Waals surface area contributed by atoms with Gasteiger partial charge in [0.25, 0.3) is 0 Å². The molecular formula is C27H27N3O5S2. The molecule has 0 spiro atoms. The second-order valence-corrected chi connectivity index (χ2v) is 11.5. The molecule has 0 radical (unpaired) electrons. The summed E-state index contributed by atoms with van der Waals surface area (Å²) in [6.07, 6.45) is -5.43. The number of hydrogen-bond donors (Lipinski definition) is 2. The number of azide groups is 1. The molecule has 3 aromatic carbocycles. The zero-order chi connectivity index (χ0) is 25.6. The number of aliphatic hydroxyl groups is 2. The molecule has 2 fully saturated rings. The Morgan fingerprint density at radius 1 is 0.865 bits per heavy atom. The van der Waals surface area contributed by atoms with Gasteiger partial charge in [-0.15, -0.1) is 23.5 Å². The molecule has 2 heterocycles. The molecule has 2 saturated heterocycles. The van der Waals surface area contributed by atoms with Crippen LogP contribution in [0.2, 0.25) is 0 Å². The van der Waals surface area contributed by atoms with Gasteiger partial charge in [-0.25, -0.2) is 0 Å². The van der Waals surface area contributed by atoms with Crippen LogP contribution in [0.5, 0.6) is 0 Å². The van der Waals surface area contributed by atoms with Crippen LogP contribution in [0.25, 0.3) is 10.4 Å². The number of rotatable bonds is 8.